The lowest BCUT2D eigenvalue weighted by Crippen LogP contribution is -2.19. The zero-order valence-electron chi connectivity index (χ0n) is 13.0. The van der Waals surface area contributed by atoms with Gasteiger partial charge in [0.25, 0.3) is 11.1 Å². The molecule has 0 saturated carbocycles. The van der Waals surface area contributed by atoms with E-state index in [9.17, 15) is 13.2 Å². The first kappa shape index (κ1) is 17.4. The van der Waals surface area contributed by atoms with Crippen molar-refractivity contribution in [2.45, 2.75) is 24.1 Å². The number of hydrogen-bond acceptors (Lipinski definition) is 6. The van der Waals surface area contributed by atoms with Crippen LogP contribution in [-0.2, 0) is 5.75 Å². The van der Waals surface area contributed by atoms with Gasteiger partial charge in [0.05, 0.1) is 11.8 Å². The molecule has 0 spiro atoms. The van der Waals surface area contributed by atoms with E-state index in [1.165, 1.54) is 23.9 Å². The average molecular weight is 370 g/mol. The molecule has 0 amide bonds. The summed E-state index contributed by atoms with van der Waals surface area (Å²) in [6, 6.07) is 8.12. The third kappa shape index (κ3) is 4.79. The van der Waals surface area contributed by atoms with Crippen LogP contribution in [0.5, 0.6) is 5.75 Å². The number of rotatable bonds is 6. The van der Waals surface area contributed by atoms with E-state index in [1.54, 1.807) is 31.4 Å². The van der Waals surface area contributed by atoms with Gasteiger partial charge in [0.2, 0.25) is 0 Å². The van der Waals surface area contributed by atoms with Crippen molar-refractivity contribution in [2.24, 2.45) is 0 Å². The zero-order chi connectivity index (χ0) is 17.9. The third-order valence-corrected chi connectivity index (χ3v) is 4.07. The summed E-state index contributed by atoms with van der Waals surface area (Å²) in [5.41, 5.74) is 1.63. The van der Waals surface area contributed by atoms with Gasteiger partial charge in [-0.1, -0.05) is 23.9 Å². The molecule has 2 heterocycles. The minimum atomic E-state index is -4.35. The average Bonchev–Trinajstić information content (AvgIpc) is 3.20. The first-order valence-electron chi connectivity index (χ1n) is 7.20. The Kier molecular flexibility index (Phi) is 5.03. The van der Waals surface area contributed by atoms with Gasteiger partial charge in [0.15, 0.2) is 6.61 Å². The lowest BCUT2D eigenvalue weighted by molar-refractivity contribution is -0.153. The summed E-state index contributed by atoms with van der Waals surface area (Å²) in [6.07, 6.45) is -2.80. The van der Waals surface area contributed by atoms with Gasteiger partial charge in [-0.15, -0.1) is 10.2 Å². The second kappa shape index (κ2) is 7.22. The van der Waals surface area contributed by atoms with Crippen LogP contribution in [0, 0.1) is 6.92 Å². The molecule has 25 heavy (non-hydrogen) atoms. The van der Waals surface area contributed by atoms with E-state index in [0.717, 1.165) is 11.1 Å². The van der Waals surface area contributed by atoms with E-state index in [-0.39, 0.29) is 5.75 Å². The topological polar surface area (TPSA) is 61.3 Å². The largest absolute Gasteiger partial charge is 0.484 e. The van der Waals surface area contributed by atoms with Gasteiger partial charge >= 0.3 is 6.18 Å². The lowest BCUT2D eigenvalue weighted by atomic mass is 10.2. The number of nitrogens with zero attached hydrogens (tertiary/aromatic N) is 2. The monoisotopic (exact) mass is 370 g/mol. The standard InChI is InChI=1S/C16H13F3N2O3S/c1-10-13(6-7-22-10)14-20-21-15(24-14)25-8-11-2-4-12(5-3-11)23-9-16(17,18)19/h2-7H,8-9H2,1H3. The van der Waals surface area contributed by atoms with Crippen molar-refractivity contribution in [3.63, 3.8) is 0 Å². The van der Waals surface area contributed by atoms with Gasteiger partial charge in [0.1, 0.15) is 11.5 Å². The van der Waals surface area contributed by atoms with E-state index in [2.05, 4.69) is 14.9 Å². The highest BCUT2D eigenvalue weighted by atomic mass is 32.2. The molecule has 0 unspecified atom stereocenters. The normalized spacial score (nSPS) is 11.7. The molecule has 9 heteroatoms. The van der Waals surface area contributed by atoms with Crippen LogP contribution in [0.25, 0.3) is 11.5 Å². The Bertz CT molecular complexity index is 828. The number of hydrogen-bond donors (Lipinski definition) is 0. The molecule has 3 rings (SSSR count). The molecule has 132 valence electrons. The Morgan fingerprint density at radius 2 is 1.88 bits per heavy atom. The highest BCUT2D eigenvalue weighted by Crippen LogP contribution is 2.28. The van der Waals surface area contributed by atoms with Gasteiger partial charge in [-0.2, -0.15) is 13.2 Å². The van der Waals surface area contributed by atoms with Crippen LogP contribution in [0.4, 0.5) is 13.2 Å². The smallest absolute Gasteiger partial charge is 0.422 e. The van der Waals surface area contributed by atoms with Crippen molar-refractivity contribution in [3.05, 3.63) is 47.9 Å². The summed E-state index contributed by atoms with van der Waals surface area (Å²) in [7, 11) is 0. The predicted octanol–water partition coefficient (Wildman–Crippen LogP) is 4.87. The molecular formula is C16H13F3N2O3S. The van der Waals surface area contributed by atoms with Crippen molar-refractivity contribution < 1.29 is 26.7 Å². The van der Waals surface area contributed by atoms with Crippen LogP contribution in [0.3, 0.4) is 0 Å². The molecule has 1 aromatic carbocycles. The fraction of sp³-hybridized carbons (Fsp3) is 0.250. The molecular weight excluding hydrogens is 357 g/mol. The van der Waals surface area contributed by atoms with E-state index in [4.69, 9.17) is 8.83 Å². The first-order valence-corrected chi connectivity index (χ1v) is 8.18. The molecule has 0 fully saturated rings. The molecule has 2 aromatic heterocycles. The maximum atomic E-state index is 12.1. The van der Waals surface area contributed by atoms with Gasteiger partial charge in [0, 0.05) is 5.75 Å². The fourth-order valence-corrected chi connectivity index (χ4v) is 2.69. The number of thioether (sulfide) groups is 1. The predicted molar refractivity (Wildman–Crippen MR) is 84.3 cm³/mol. The van der Waals surface area contributed by atoms with Gasteiger partial charge in [-0.3, -0.25) is 0 Å². The molecule has 0 radical (unpaired) electrons. The minimum Gasteiger partial charge on any atom is -0.484 e. The van der Waals surface area contributed by atoms with E-state index in [0.29, 0.717) is 22.6 Å². The Balaban J connectivity index is 1.55. The minimum absolute atomic E-state index is 0.168. The van der Waals surface area contributed by atoms with Crippen molar-refractivity contribution in [3.8, 4) is 17.2 Å². The second-order valence-corrected chi connectivity index (χ2v) is 6.03. The highest BCUT2D eigenvalue weighted by molar-refractivity contribution is 7.98. The van der Waals surface area contributed by atoms with Crippen LogP contribution in [-0.4, -0.2) is 23.0 Å². The Labute approximate surface area is 145 Å². The van der Waals surface area contributed by atoms with Crippen molar-refractivity contribution in [1.82, 2.24) is 10.2 Å². The van der Waals surface area contributed by atoms with Crippen LogP contribution in [0.15, 0.2) is 50.7 Å². The van der Waals surface area contributed by atoms with E-state index < -0.39 is 12.8 Å². The van der Waals surface area contributed by atoms with E-state index in [1.807, 2.05) is 0 Å². The van der Waals surface area contributed by atoms with Gasteiger partial charge in [-0.25, -0.2) is 0 Å². The second-order valence-electron chi connectivity index (χ2n) is 5.10. The summed E-state index contributed by atoms with van der Waals surface area (Å²) >= 11 is 1.33. The molecule has 0 aliphatic heterocycles. The number of aromatic nitrogens is 2. The number of ether oxygens (including phenoxy) is 1. The number of benzene rings is 1. The lowest BCUT2D eigenvalue weighted by Gasteiger charge is -2.09. The molecule has 0 aliphatic rings. The number of aryl methyl sites for hydroxylation is 1. The summed E-state index contributed by atoms with van der Waals surface area (Å²) in [5.74, 6) is 1.77. The number of furan rings is 1. The maximum absolute atomic E-state index is 12.1. The summed E-state index contributed by atoms with van der Waals surface area (Å²) in [4.78, 5) is 0. The quantitative estimate of drug-likeness (QED) is 0.577. The molecule has 0 atom stereocenters. The molecule has 3 aromatic rings. The Morgan fingerprint density at radius 1 is 1.12 bits per heavy atom. The maximum Gasteiger partial charge on any atom is 0.422 e. The summed E-state index contributed by atoms with van der Waals surface area (Å²) < 4.78 is 51.7. The molecule has 0 aliphatic carbocycles. The first-order chi connectivity index (χ1) is 11.9. The van der Waals surface area contributed by atoms with Crippen LogP contribution >= 0.6 is 11.8 Å². The molecule has 5 nitrogen and oxygen atoms in total. The van der Waals surface area contributed by atoms with E-state index >= 15 is 0 Å². The highest BCUT2D eigenvalue weighted by Gasteiger charge is 2.28. The van der Waals surface area contributed by atoms with Gasteiger partial charge in [-0.05, 0) is 30.7 Å². The molecule has 0 N–H and O–H groups in total. The van der Waals surface area contributed by atoms with Crippen LogP contribution in [0.1, 0.15) is 11.3 Å². The Morgan fingerprint density at radius 3 is 2.52 bits per heavy atom. The SMILES string of the molecule is Cc1occc1-c1nnc(SCc2ccc(OCC(F)(F)F)cc2)o1. The van der Waals surface area contributed by atoms with Crippen molar-refractivity contribution >= 4 is 11.8 Å². The molecule has 0 bridgehead atoms. The van der Waals surface area contributed by atoms with Crippen LogP contribution in [0.2, 0.25) is 0 Å². The van der Waals surface area contributed by atoms with Crippen molar-refractivity contribution in [1.29, 1.82) is 0 Å². The summed E-state index contributed by atoms with van der Waals surface area (Å²) in [5, 5.41) is 8.32. The molecule has 0 saturated heterocycles. The van der Waals surface area contributed by atoms with Crippen molar-refractivity contribution in [2.75, 3.05) is 6.61 Å². The zero-order valence-corrected chi connectivity index (χ0v) is 13.9. The summed E-state index contributed by atoms with van der Waals surface area (Å²) in [6.45, 7) is 0.494. The fourth-order valence-electron chi connectivity index (χ4n) is 1.98. The van der Waals surface area contributed by atoms with Gasteiger partial charge < -0.3 is 13.6 Å². The van der Waals surface area contributed by atoms with Crippen LogP contribution < -0.4 is 4.74 Å². The third-order valence-electron chi connectivity index (χ3n) is 3.18. The number of alkyl halides is 3. The Hall–Kier alpha value is -2.42. The number of halogens is 3.